The smallest absolute Gasteiger partial charge is 0.239 e. The minimum Gasteiger partial charge on any atom is -0.384 e. The highest BCUT2D eigenvalue weighted by Crippen LogP contribution is 2.12. The van der Waals surface area contributed by atoms with E-state index in [4.69, 9.17) is 67.7 Å². The van der Waals surface area contributed by atoms with E-state index in [2.05, 4.69) is 31.9 Å². The van der Waals surface area contributed by atoms with E-state index in [0.29, 0.717) is 145 Å². The highest BCUT2D eigenvalue weighted by Gasteiger charge is 2.22. The van der Waals surface area contributed by atoms with Crippen molar-refractivity contribution in [2.45, 2.75) is 40.0 Å². The molecule has 0 saturated carbocycles. The van der Waals surface area contributed by atoms with E-state index in [1.807, 2.05) is 20.8 Å². The van der Waals surface area contributed by atoms with E-state index < -0.39 is 74.5 Å². The van der Waals surface area contributed by atoms with Crippen LogP contribution in [0.5, 0.6) is 0 Å². The van der Waals surface area contributed by atoms with Gasteiger partial charge in [0.15, 0.2) is 5.78 Å². The van der Waals surface area contributed by atoms with Gasteiger partial charge in [0.1, 0.15) is 0 Å². The first-order chi connectivity index (χ1) is 37.3. The van der Waals surface area contributed by atoms with Crippen LogP contribution in [0.15, 0.2) is 0 Å². The summed E-state index contributed by atoms with van der Waals surface area (Å²) in [6, 6.07) is 0. The van der Waals surface area contributed by atoms with Crippen LogP contribution in [-0.2, 0) is 99.9 Å². The van der Waals surface area contributed by atoms with Crippen LogP contribution in [0.3, 0.4) is 0 Å². The van der Waals surface area contributed by atoms with E-state index in [9.17, 15) is 33.6 Å². The number of ketones is 1. The first-order valence-corrected chi connectivity index (χ1v) is 25.7. The number of methoxy groups -OCH3 is 2. The fraction of sp³-hybridized carbons (Fsp3) is 0.857. The lowest BCUT2D eigenvalue weighted by atomic mass is 9.99. The second kappa shape index (κ2) is 53.0. The number of Topliss-reactive ketones (excluding diaryl/α,β-unsaturated/α-hetero) is 1. The quantitative estimate of drug-likeness (QED) is 0.0345. The number of hydrogen-bond donors (Lipinski definition) is 6. The van der Waals surface area contributed by atoms with Gasteiger partial charge in [-0.15, -0.1) is 0 Å². The summed E-state index contributed by atoms with van der Waals surface area (Å²) in [6.07, 6.45) is -0.182. The summed E-state index contributed by atoms with van der Waals surface area (Å²) in [7, 11) is 1.21. The van der Waals surface area contributed by atoms with Crippen LogP contribution < -0.4 is 31.9 Å². The molecular weight excluding hydrogens is 1010 g/mol. The van der Waals surface area contributed by atoms with Gasteiger partial charge in [-0.2, -0.15) is 0 Å². The van der Waals surface area contributed by atoms with Gasteiger partial charge in [0, 0.05) is 46.5 Å². The van der Waals surface area contributed by atoms with Crippen LogP contribution in [0, 0.1) is 11.3 Å². The molecule has 0 bridgehead atoms. The maximum atomic E-state index is 12.8. The molecule has 1 atom stereocenters. The molecule has 0 aliphatic heterocycles. The standard InChI is InChI=1S/C49H92N6O21/c1-49(2,3)40-76-10-7-44(58)50-8-6-43(57)53-36-46(60)55-38-47(61)54-37-45(59)52-35-42(56)34-41(39-64-5)48(62)51-9-11-65-14-15-67-18-19-69-22-23-71-26-27-73-30-31-75-33-32-74-29-28-72-25-24-70-21-20-68-17-16-66-13-12-63-4/h41H,6-40H2,1-5H3,(H,50,58)(H,51,62)(H,52,59)(H,53,57)(H,54,61)(H,55,60)/i5D. The molecule has 27 heteroatoms. The largest absolute Gasteiger partial charge is 0.384 e. The molecule has 0 aromatic carbocycles. The number of rotatable bonds is 56. The van der Waals surface area contributed by atoms with E-state index in [-0.39, 0.29) is 70.1 Å². The average molecular weight is 1100 g/mol. The number of carbonyl (C=O) groups excluding carboxylic acids is 7. The summed E-state index contributed by atoms with van der Waals surface area (Å²) in [4.78, 5) is 85.6. The van der Waals surface area contributed by atoms with Crippen LogP contribution in [0.25, 0.3) is 0 Å². The van der Waals surface area contributed by atoms with Gasteiger partial charge in [-0.1, -0.05) is 20.8 Å². The molecule has 6 amide bonds. The Balaban J connectivity index is 3.74. The zero-order valence-electron chi connectivity index (χ0n) is 46.6. The van der Waals surface area contributed by atoms with E-state index in [1.165, 1.54) is 0 Å². The lowest BCUT2D eigenvalue weighted by molar-refractivity contribution is -0.131. The normalized spacial score (nSPS) is 11.9. The second-order valence-corrected chi connectivity index (χ2v) is 17.4. The van der Waals surface area contributed by atoms with Crippen molar-refractivity contribution in [2.75, 3.05) is 225 Å². The summed E-state index contributed by atoms with van der Waals surface area (Å²) >= 11 is 0. The van der Waals surface area contributed by atoms with Gasteiger partial charge in [-0.05, 0) is 5.41 Å². The van der Waals surface area contributed by atoms with Crippen molar-refractivity contribution in [3.8, 4) is 0 Å². The summed E-state index contributed by atoms with van der Waals surface area (Å²) in [5, 5.41) is 14.6. The van der Waals surface area contributed by atoms with Crippen molar-refractivity contribution in [3.05, 3.63) is 0 Å². The minimum atomic E-state index is -0.923. The Morgan fingerprint density at radius 3 is 1.12 bits per heavy atom. The van der Waals surface area contributed by atoms with Crippen molar-refractivity contribution in [1.29, 1.82) is 0 Å². The zero-order valence-corrected chi connectivity index (χ0v) is 45.6. The van der Waals surface area contributed by atoms with Gasteiger partial charge >= 0.3 is 0 Å². The number of amides is 6. The molecule has 0 fully saturated rings. The molecule has 76 heavy (non-hydrogen) atoms. The van der Waals surface area contributed by atoms with Crippen LogP contribution in [0.4, 0.5) is 0 Å². The van der Waals surface area contributed by atoms with Gasteiger partial charge < -0.3 is 98.2 Å². The number of ether oxygens (including phenoxy) is 14. The SMILES string of the molecule is [2H]COCC(CC(=O)CNC(=O)CNC(=O)CNC(=O)CNC(=O)CCNC(=O)CCOCC(C)(C)C)C(=O)NCCOCCOCCOCCOCCOCCOCCOCCOCCOCCOCCOCCOC. The number of carbonyl (C=O) groups is 7. The summed E-state index contributed by atoms with van der Waals surface area (Å²) in [5.41, 5.74) is -0.0125. The molecule has 0 aliphatic rings. The summed E-state index contributed by atoms with van der Waals surface area (Å²) in [6.45, 7) is 15.1. The molecule has 444 valence electrons. The summed E-state index contributed by atoms with van der Waals surface area (Å²) in [5.74, 6) is -4.70. The highest BCUT2D eigenvalue weighted by molar-refractivity contribution is 5.92. The minimum absolute atomic E-state index is 0.0125. The monoisotopic (exact) mass is 1100 g/mol. The Morgan fingerprint density at radius 1 is 0.382 bits per heavy atom. The Morgan fingerprint density at radius 2 is 0.737 bits per heavy atom. The predicted octanol–water partition coefficient (Wildman–Crippen LogP) is -2.42. The first kappa shape index (κ1) is 69.9. The second-order valence-electron chi connectivity index (χ2n) is 17.4. The molecule has 0 aromatic rings. The van der Waals surface area contributed by atoms with Crippen molar-refractivity contribution >= 4 is 41.2 Å². The number of nitrogens with one attached hydrogen (secondary N) is 6. The Bertz CT molecular complexity index is 1500. The van der Waals surface area contributed by atoms with E-state index >= 15 is 0 Å². The van der Waals surface area contributed by atoms with Crippen molar-refractivity contribution in [1.82, 2.24) is 31.9 Å². The Labute approximate surface area is 450 Å². The number of hydrogen-bond acceptors (Lipinski definition) is 21. The Hall–Kier alpha value is -4.07. The molecule has 0 aliphatic carbocycles. The van der Waals surface area contributed by atoms with E-state index in [1.54, 1.807) is 7.11 Å². The molecule has 27 nitrogen and oxygen atoms in total. The van der Waals surface area contributed by atoms with Crippen molar-refractivity contribution in [2.24, 2.45) is 11.3 Å². The third-order valence-electron chi connectivity index (χ3n) is 9.37. The maximum Gasteiger partial charge on any atom is 0.239 e. The lowest BCUT2D eigenvalue weighted by Gasteiger charge is -2.17. The highest BCUT2D eigenvalue weighted by atomic mass is 16.6. The lowest BCUT2D eigenvalue weighted by Crippen LogP contribution is -2.45. The molecular formula is C49H92N6O21. The fourth-order valence-electron chi connectivity index (χ4n) is 5.51. The average Bonchev–Trinajstić information content (AvgIpc) is 3.40. The first-order valence-electron chi connectivity index (χ1n) is 26.4. The van der Waals surface area contributed by atoms with Crippen LogP contribution in [0.2, 0.25) is 0 Å². The molecule has 0 radical (unpaired) electrons. The van der Waals surface area contributed by atoms with Gasteiger partial charge in [0.2, 0.25) is 35.4 Å². The molecule has 0 spiro atoms. The molecule has 1 unspecified atom stereocenters. The molecule has 0 aromatic heterocycles. The van der Waals surface area contributed by atoms with Gasteiger partial charge in [-0.25, -0.2) is 0 Å². The Kier molecular flexibility index (Phi) is 48.7. The zero-order chi connectivity index (χ0) is 56.7. The van der Waals surface area contributed by atoms with Crippen molar-refractivity contribution in [3.63, 3.8) is 0 Å². The molecule has 0 heterocycles. The van der Waals surface area contributed by atoms with Crippen molar-refractivity contribution < 1.29 is 101 Å². The van der Waals surface area contributed by atoms with Crippen LogP contribution >= 0.6 is 0 Å². The topological polar surface area (TPSA) is 321 Å². The summed E-state index contributed by atoms with van der Waals surface area (Å²) < 4.78 is 82.6. The molecule has 0 rings (SSSR count). The molecule has 0 saturated heterocycles. The predicted molar refractivity (Wildman–Crippen MR) is 273 cm³/mol. The van der Waals surface area contributed by atoms with Gasteiger partial charge in [0.05, 0.1) is 205 Å². The van der Waals surface area contributed by atoms with Crippen LogP contribution in [0.1, 0.15) is 41.4 Å². The van der Waals surface area contributed by atoms with Gasteiger partial charge in [-0.3, -0.25) is 33.6 Å². The van der Waals surface area contributed by atoms with Gasteiger partial charge in [0.25, 0.3) is 0 Å². The maximum absolute atomic E-state index is 12.8. The van der Waals surface area contributed by atoms with Crippen LogP contribution in [-0.4, -0.2) is 266 Å². The third-order valence-corrected chi connectivity index (χ3v) is 9.37. The van der Waals surface area contributed by atoms with E-state index in [0.717, 1.165) is 0 Å². The fourth-order valence-corrected chi connectivity index (χ4v) is 5.51. The third kappa shape index (κ3) is 53.3. The molecule has 6 N–H and O–H groups in total.